The molecule has 0 fully saturated rings. The molecule has 0 saturated carbocycles. The number of rotatable bonds is 8. The molecule has 2 N–H and O–H groups in total. The van der Waals surface area contributed by atoms with Crippen LogP contribution in [-0.4, -0.2) is 52.4 Å². The zero-order valence-corrected chi connectivity index (χ0v) is 15.0. The predicted octanol–water partition coefficient (Wildman–Crippen LogP) is 1.22. The van der Waals surface area contributed by atoms with Gasteiger partial charge in [0.2, 0.25) is 0 Å². The Bertz CT molecular complexity index is 604. The second-order valence-electron chi connectivity index (χ2n) is 6.27. The standard InChI is InChI=1S/C16H26N2O4S/c1-16(2,3)18-10-9-17-15(19)13-5-7-14(8-6-13)23(20,21)12-11-22-4/h5-8,18H,9-12H2,1-4H3,(H,17,19). The number of amides is 1. The summed E-state index contributed by atoms with van der Waals surface area (Å²) in [7, 11) is -1.91. The van der Waals surface area contributed by atoms with Gasteiger partial charge in [-0.05, 0) is 45.0 Å². The monoisotopic (exact) mass is 342 g/mol. The minimum absolute atomic E-state index is 0.00292. The third-order valence-corrected chi connectivity index (χ3v) is 4.79. The second kappa shape index (κ2) is 8.42. The van der Waals surface area contributed by atoms with E-state index in [1.54, 1.807) is 0 Å². The Kier molecular flexibility index (Phi) is 7.18. The van der Waals surface area contributed by atoms with Crippen LogP contribution in [0.4, 0.5) is 0 Å². The lowest BCUT2D eigenvalue weighted by molar-refractivity contribution is 0.0953. The van der Waals surface area contributed by atoms with Crippen LogP contribution in [0.25, 0.3) is 0 Å². The average Bonchev–Trinajstić information content (AvgIpc) is 2.48. The highest BCUT2D eigenvalue weighted by atomic mass is 32.2. The molecule has 1 aromatic rings. The Morgan fingerprint density at radius 1 is 1.13 bits per heavy atom. The molecule has 0 radical (unpaired) electrons. The van der Waals surface area contributed by atoms with Gasteiger partial charge in [0.15, 0.2) is 9.84 Å². The predicted molar refractivity (Wildman–Crippen MR) is 90.5 cm³/mol. The number of methoxy groups -OCH3 is 1. The molecule has 1 rings (SSSR count). The highest BCUT2D eigenvalue weighted by Crippen LogP contribution is 2.12. The number of nitrogens with one attached hydrogen (secondary N) is 2. The van der Waals surface area contributed by atoms with E-state index in [0.717, 1.165) is 0 Å². The molecule has 7 heteroatoms. The van der Waals surface area contributed by atoms with Crippen molar-refractivity contribution < 1.29 is 17.9 Å². The molecule has 0 saturated heterocycles. The van der Waals surface area contributed by atoms with Crippen molar-refractivity contribution in [1.82, 2.24) is 10.6 Å². The summed E-state index contributed by atoms with van der Waals surface area (Å²) in [5.41, 5.74) is 0.439. The van der Waals surface area contributed by atoms with E-state index >= 15 is 0 Å². The van der Waals surface area contributed by atoms with Crippen molar-refractivity contribution in [3.63, 3.8) is 0 Å². The van der Waals surface area contributed by atoms with E-state index in [-0.39, 0.29) is 28.7 Å². The van der Waals surface area contributed by atoms with Gasteiger partial charge in [-0.15, -0.1) is 0 Å². The van der Waals surface area contributed by atoms with Gasteiger partial charge in [0.1, 0.15) is 0 Å². The van der Waals surface area contributed by atoms with Crippen LogP contribution in [0, 0.1) is 0 Å². The third kappa shape index (κ3) is 7.11. The zero-order chi connectivity index (χ0) is 17.5. The number of sulfone groups is 1. The van der Waals surface area contributed by atoms with Crippen LogP contribution in [0.2, 0.25) is 0 Å². The minimum Gasteiger partial charge on any atom is -0.384 e. The summed E-state index contributed by atoms with van der Waals surface area (Å²) in [6, 6.07) is 5.94. The van der Waals surface area contributed by atoms with E-state index in [4.69, 9.17) is 4.74 Å². The lowest BCUT2D eigenvalue weighted by Gasteiger charge is -2.20. The zero-order valence-electron chi connectivity index (χ0n) is 14.2. The van der Waals surface area contributed by atoms with Crippen molar-refractivity contribution >= 4 is 15.7 Å². The maximum absolute atomic E-state index is 12.0. The molecular weight excluding hydrogens is 316 g/mol. The molecule has 0 aliphatic heterocycles. The van der Waals surface area contributed by atoms with Crippen molar-refractivity contribution in [2.45, 2.75) is 31.2 Å². The molecule has 23 heavy (non-hydrogen) atoms. The second-order valence-corrected chi connectivity index (χ2v) is 8.38. The Morgan fingerprint density at radius 2 is 1.74 bits per heavy atom. The molecule has 0 aliphatic rings. The van der Waals surface area contributed by atoms with Gasteiger partial charge in [-0.1, -0.05) is 0 Å². The Balaban J connectivity index is 2.57. The molecular formula is C16H26N2O4S. The highest BCUT2D eigenvalue weighted by Gasteiger charge is 2.15. The van der Waals surface area contributed by atoms with Gasteiger partial charge >= 0.3 is 0 Å². The fourth-order valence-corrected chi connectivity index (χ4v) is 3.01. The summed E-state index contributed by atoms with van der Waals surface area (Å²) in [4.78, 5) is 12.2. The fraction of sp³-hybridized carbons (Fsp3) is 0.562. The molecule has 0 heterocycles. The van der Waals surface area contributed by atoms with Gasteiger partial charge < -0.3 is 15.4 Å². The number of carbonyl (C=O) groups is 1. The van der Waals surface area contributed by atoms with Crippen LogP contribution >= 0.6 is 0 Å². The number of ether oxygens (including phenoxy) is 1. The largest absolute Gasteiger partial charge is 0.384 e. The van der Waals surface area contributed by atoms with Gasteiger partial charge in [0.05, 0.1) is 17.3 Å². The first kappa shape index (κ1) is 19.6. The summed E-state index contributed by atoms with van der Waals surface area (Å²) in [5.74, 6) is -0.297. The SMILES string of the molecule is COCCS(=O)(=O)c1ccc(C(=O)NCCNC(C)(C)C)cc1. The summed E-state index contributed by atoms with van der Waals surface area (Å²) < 4.78 is 28.8. The van der Waals surface area contributed by atoms with E-state index in [2.05, 4.69) is 31.4 Å². The summed E-state index contributed by atoms with van der Waals surface area (Å²) in [6.45, 7) is 7.47. The van der Waals surface area contributed by atoms with Crippen LogP contribution in [0.15, 0.2) is 29.2 Å². The van der Waals surface area contributed by atoms with Gasteiger partial charge in [-0.3, -0.25) is 4.79 Å². The number of hydrogen-bond acceptors (Lipinski definition) is 5. The molecule has 130 valence electrons. The van der Waals surface area contributed by atoms with Gasteiger partial charge in [-0.25, -0.2) is 8.42 Å². The summed E-state index contributed by atoms with van der Waals surface area (Å²) in [5, 5.41) is 6.06. The molecule has 6 nitrogen and oxygen atoms in total. The normalized spacial score (nSPS) is 12.2. The third-order valence-electron chi connectivity index (χ3n) is 3.10. The van der Waals surface area contributed by atoms with E-state index in [1.165, 1.54) is 31.4 Å². The van der Waals surface area contributed by atoms with Crippen LogP contribution in [0.3, 0.4) is 0 Å². The van der Waals surface area contributed by atoms with Crippen molar-refractivity contribution in [2.75, 3.05) is 32.6 Å². The molecule has 0 atom stereocenters. The Hall–Kier alpha value is -1.44. The topological polar surface area (TPSA) is 84.5 Å². The van der Waals surface area contributed by atoms with E-state index in [0.29, 0.717) is 18.7 Å². The van der Waals surface area contributed by atoms with Crippen molar-refractivity contribution in [3.05, 3.63) is 29.8 Å². The maximum atomic E-state index is 12.0. The van der Waals surface area contributed by atoms with Gasteiger partial charge in [0, 0.05) is 31.3 Å². The highest BCUT2D eigenvalue weighted by molar-refractivity contribution is 7.91. The van der Waals surface area contributed by atoms with Gasteiger partial charge in [0.25, 0.3) is 5.91 Å². The van der Waals surface area contributed by atoms with E-state index < -0.39 is 9.84 Å². The minimum atomic E-state index is -3.37. The smallest absolute Gasteiger partial charge is 0.251 e. The number of benzene rings is 1. The van der Waals surface area contributed by atoms with Gasteiger partial charge in [-0.2, -0.15) is 0 Å². The molecule has 0 aliphatic carbocycles. The first-order valence-electron chi connectivity index (χ1n) is 7.51. The van der Waals surface area contributed by atoms with Crippen LogP contribution in [0.1, 0.15) is 31.1 Å². The van der Waals surface area contributed by atoms with Crippen molar-refractivity contribution in [2.24, 2.45) is 0 Å². The van der Waals surface area contributed by atoms with E-state index in [9.17, 15) is 13.2 Å². The molecule has 1 amide bonds. The average molecular weight is 342 g/mol. The van der Waals surface area contributed by atoms with Crippen LogP contribution in [-0.2, 0) is 14.6 Å². The molecule has 1 aromatic carbocycles. The van der Waals surface area contributed by atoms with E-state index in [1.807, 2.05) is 0 Å². The van der Waals surface area contributed by atoms with Crippen LogP contribution < -0.4 is 10.6 Å². The Morgan fingerprint density at radius 3 is 2.26 bits per heavy atom. The van der Waals surface area contributed by atoms with Crippen molar-refractivity contribution in [3.8, 4) is 0 Å². The first-order valence-corrected chi connectivity index (χ1v) is 9.16. The number of hydrogen-bond donors (Lipinski definition) is 2. The Labute approximate surface area is 138 Å². The quantitative estimate of drug-likeness (QED) is 0.694. The first-order chi connectivity index (χ1) is 10.7. The molecule has 0 spiro atoms. The van der Waals surface area contributed by atoms with Crippen molar-refractivity contribution in [1.29, 1.82) is 0 Å². The molecule has 0 unspecified atom stereocenters. The lowest BCUT2D eigenvalue weighted by Crippen LogP contribution is -2.41. The molecule has 0 aromatic heterocycles. The fourth-order valence-electron chi connectivity index (χ4n) is 1.84. The molecule has 0 bridgehead atoms. The summed E-state index contributed by atoms with van der Waals surface area (Å²) in [6.07, 6.45) is 0. The summed E-state index contributed by atoms with van der Waals surface area (Å²) >= 11 is 0. The lowest BCUT2D eigenvalue weighted by atomic mass is 10.1. The number of carbonyl (C=O) groups excluding carboxylic acids is 1. The van der Waals surface area contributed by atoms with Crippen LogP contribution in [0.5, 0.6) is 0 Å². The maximum Gasteiger partial charge on any atom is 0.251 e.